The van der Waals surface area contributed by atoms with Gasteiger partial charge in [0, 0.05) is 5.02 Å². The fraction of sp³-hybridized carbons (Fsp3) is 0.400. The highest BCUT2D eigenvalue weighted by Gasteiger charge is 2.24. The van der Waals surface area contributed by atoms with Crippen molar-refractivity contribution in [3.05, 3.63) is 34.6 Å². The van der Waals surface area contributed by atoms with Gasteiger partial charge in [0.25, 0.3) is 10.1 Å². The van der Waals surface area contributed by atoms with E-state index < -0.39 is 21.2 Å². The van der Waals surface area contributed by atoms with Gasteiger partial charge in [-0.25, -0.2) is 4.39 Å². The van der Waals surface area contributed by atoms with E-state index in [0.29, 0.717) is 6.42 Å². The minimum absolute atomic E-state index is 0.111. The Morgan fingerprint density at radius 3 is 2.50 bits per heavy atom. The Kier molecular flexibility index (Phi) is 4.29. The number of hydrogen-bond donors (Lipinski definition) is 1. The fourth-order valence-corrected chi connectivity index (χ4v) is 2.75. The average Bonchev–Trinajstić information content (AvgIpc) is 2.10. The third-order valence-electron chi connectivity index (χ3n) is 2.17. The lowest BCUT2D eigenvalue weighted by Crippen LogP contribution is -2.12. The standard InChI is InChI=1S/C10H12ClFO3S/c1-2-3-10(16(13,14)15)7-4-8(11)6-9(12)5-7/h4-6,10H,2-3H2,1H3,(H,13,14,15). The van der Waals surface area contributed by atoms with Crippen molar-refractivity contribution in [2.75, 3.05) is 0 Å². The van der Waals surface area contributed by atoms with Crippen LogP contribution in [0.25, 0.3) is 0 Å². The fourth-order valence-electron chi connectivity index (χ4n) is 1.51. The van der Waals surface area contributed by atoms with Gasteiger partial charge < -0.3 is 0 Å². The molecule has 1 aromatic carbocycles. The lowest BCUT2D eigenvalue weighted by atomic mass is 10.1. The zero-order chi connectivity index (χ0) is 12.3. The maximum Gasteiger partial charge on any atom is 0.271 e. The van der Waals surface area contributed by atoms with E-state index in [2.05, 4.69) is 0 Å². The van der Waals surface area contributed by atoms with Gasteiger partial charge in [-0.1, -0.05) is 24.9 Å². The van der Waals surface area contributed by atoms with Crippen LogP contribution in [0.2, 0.25) is 5.02 Å². The van der Waals surface area contributed by atoms with Gasteiger partial charge in [0.15, 0.2) is 0 Å². The van der Waals surface area contributed by atoms with Gasteiger partial charge in [-0.2, -0.15) is 8.42 Å². The van der Waals surface area contributed by atoms with Crippen LogP contribution < -0.4 is 0 Å². The normalized spacial score (nSPS) is 13.8. The summed E-state index contributed by atoms with van der Waals surface area (Å²) in [6.45, 7) is 1.78. The molecule has 1 aromatic rings. The molecule has 0 aromatic heterocycles. The average molecular weight is 267 g/mol. The van der Waals surface area contributed by atoms with Crippen molar-refractivity contribution in [3.8, 4) is 0 Å². The summed E-state index contributed by atoms with van der Waals surface area (Å²) in [5, 5.41) is -1.01. The van der Waals surface area contributed by atoms with Gasteiger partial charge in [-0.15, -0.1) is 0 Å². The quantitative estimate of drug-likeness (QED) is 0.852. The molecule has 0 spiro atoms. The molecule has 0 radical (unpaired) electrons. The second-order valence-corrected chi connectivity index (χ2v) is 5.53. The van der Waals surface area contributed by atoms with Crippen LogP contribution in [0.15, 0.2) is 18.2 Å². The van der Waals surface area contributed by atoms with Crippen molar-refractivity contribution in [1.29, 1.82) is 0 Å². The molecule has 6 heteroatoms. The van der Waals surface area contributed by atoms with Crippen LogP contribution in [0.5, 0.6) is 0 Å². The van der Waals surface area contributed by atoms with E-state index in [1.54, 1.807) is 6.92 Å². The van der Waals surface area contributed by atoms with Crippen LogP contribution >= 0.6 is 11.6 Å². The molecule has 0 aliphatic rings. The summed E-state index contributed by atoms with van der Waals surface area (Å²) in [4.78, 5) is 0. The van der Waals surface area contributed by atoms with Crippen LogP contribution in [0.4, 0.5) is 4.39 Å². The third-order valence-corrected chi connectivity index (χ3v) is 3.61. The number of rotatable bonds is 4. The van der Waals surface area contributed by atoms with Crippen LogP contribution in [0, 0.1) is 5.82 Å². The molecule has 0 fully saturated rings. The van der Waals surface area contributed by atoms with Crippen LogP contribution in [-0.2, 0) is 10.1 Å². The summed E-state index contributed by atoms with van der Waals surface area (Å²) in [6, 6.07) is 3.50. The topological polar surface area (TPSA) is 54.4 Å². The molecule has 3 nitrogen and oxygen atoms in total. The number of hydrogen-bond acceptors (Lipinski definition) is 2. The molecule has 0 aliphatic heterocycles. The predicted molar refractivity (Wildman–Crippen MR) is 60.6 cm³/mol. The van der Waals surface area contributed by atoms with Crippen LogP contribution in [0.1, 0.15) is 30.6 Å². The van der Waals surface area contributed by atoms with Gasteiger partial charge in [0.2, 0.25) is 0 Å². The molecule has 0 amide bonds. The molecule has 1 unspecified atom stereocenters. The van der Waals surface area contributed by atoms with Crippen molar-refractivity contribution in [3.63, 3.8) is 0 Å². The third kappa shape index (κ3) is 3.43. The number of benzene rings is 1. The van der Waals surface area contributed by atoms with E-state index >= 15 is 0 Å². The molecule has 16 heavy (non-hydrogen) atoms. The zero-order valence-corrected chi connectivity index (χ0v) is 10.2. The van der Waals surface area contributed by atoms with E-state index in [1.165, 1.54) is 6.07 Å². The lowest BCUT2D eigenvalue weighted by molar-refractivity contribution is 0.463. The largest absolute Gasteiger partial charge is 0.285 e. The van der Waals surface area contributed by atoms with E-state index in [0.717, 1.165) is 12.1 Å². The van der Waals surface area contributed by atoms with Crippen molar-refractivity contribution in [2.45, 2.75) is 25.0 Å². The minimum atomic E-state index is -4.24. The molecular weight excluding hydrogens is 255 g/mol. The van der Waals surface area contributed by atoms with Crippen molar-refractivity contribution >= 4 is 21.7 Å². The Hall–Kier alpha value is -0.650. The first-order valence-electron chi connectivity index (χ1n) is 4.77. The van der Waals surface area contributed by atoms with E-state index in [-0.39, 0.29) is 17.0 Å². The highest BCUT2D eigenvalue weighted by Crippen LogP contribution is 2.29. The van der Waals surface area contributed by atoms with Crippen LogP contribution in [-0.4, -0.2) is 13.0 Å². The van der Waals surface area contributed by atoms with Gasteiger partial charge in [0.1, 0.15) is 11.1 Å². The number of halogens is 2. The Morgan fingerprint density at radius 1 is 1.44 bits per heavy atom. The highest BCUT2D eigenvalue weighted by atomic mass is 35.5. The Morgan fingerprint density at radius 2 is 2.06 bits per heavy atom. The maximum absolute atomic E-state index is 13.1. The van der Waals surface area contributed by atoms with E-state index in [9.17, 15) is 12.8 Å². The Bertz CT molecular complexity index is 453. The lowest BCUT2D eigenvalue weighted by Gasteiger charge is -2.13. The Balaban J connectivity index is 3.21. The predicted octanol–water partition coefficient (Wildman–Crippen LogP) is 3.21. The monoisotopic (exact) mass is 266 g/mol. The zero-order valence-electron chi connectivity index (χ0n) is 8.65. The minimum Gasteiger partial charge on any atom is -0.285 e. The summed E-state index contributed by atoms with van der Waals surface area (Å²) in [5.74, 6) is -0.618. The first-order valence-corrected chi connectivity index (χ1v) is 6.65. The molecule has 1 atom stereocenters. The second-order valence-electron chi connectivity index (χ2n) is 3.50. The highest BCUT2D eigenvalue weighted by molar-refractivity contribution is 7.86. The SMILES string of the molecule is CCCC(c1cc(F)cc(Cl)c1)S(=O)(=O)O. The summed E-state index contributed by atoms with van der Waals surface area (Å²) in [7, 11) is -4.24. The molecule has 90 valence electrons. The molecule has 0 saturated heterocycles. The molecule has 0 aliphatic carbocycles. The molecule has 0 saturated carbocycles. The molecular formula is C10H12ClFO3S. The van der Waals surface area contributed by atoms with Gasteiger partial charge >= 0.3 is 0 Å². The first-order chi connectivity index (χ1) is 7.34. The second kappa shape index (κ2) is 5.12. The summed E-state index contributed by atoms with van der Waals surface area (Å²) < 4.78 is 44.4. The summed E-state index contributed by atoms with van der Waals surface area (Å²) in [5.41, 5.74) is 0.175. The maximum atomic E-state index is 13.1. The van der Waals surface area contributed by atoms with Crippen molar-refractivity contribution in [1.82, 2.24) is 0 Å². The summed E-state index contributed by atoms with van der Waals surface area (Å²) >= 11 is 5.63. The molecule has 1 N–H and O–H groups in total. The summed E-state index contributed by atoms with van der Waals surface area (Å²) in [6.07, 6.45) is 0.775. The van der Waals surface area contributed by atoms with Gasteiger partial charge in [-0.3, -0.25) is 4.55 Å². The van der Waals surface area contributed by atoms with Gasteiger partial charge in [-0.05, 0) is 30.2 Å². The molecule has 0 bridgehead atoms. The van der Waals surface area contributed by atoms with Gasteiger partial charge in [0.05, 0.1) is 0 Å². The molecule has 0 heterocycles. The first kappa shape index (κ1) is 13.4. The van der Waals surface area contributed by atoms with Crippen molar-refractivity contribution < 1.29 is 17.4 Å². The smallest absolute Gasteiger partial charge is 0.271 e. The Labute approximate surface area is 99.0 Å². The van der Waals surface area contributed by atoms with Crippen molar-refractivity contribution in [2.24, 2.45) is 0 Å². The molecule has 1 rings (SSSR count). The van der Waals surface area contributed by atoms with Crippen LogP contribution in [0.3, 0.4) is 0 Å². The van der Waals surface area contributed by atoms with E-state index in [4.69, 9.17) is 16.2 Å². The van der Waals surface area contributed by atoms with E-state index in [1.807, 2.05) is 0 Å².